The largest absolute Gasteiger partial charge is 0.458 e. The molecular weight excluding hydrogens is 502 g/mol. The van der Waals surface area contributed by atoms with Gasteiger partial charge in [-0.1, -0.05) is 5.16 Å². The smallest absolute Gasteiger partial charge is 0.354 e. The van der Waals surface area contributed by atoms with Crippen molar-refractivity contribution < 1.29 is 38.2 Å². The van der Waals surface area contributed by atoms with E-state index in [4.69, 9.17) is 19.0 Å². The van der Waals surface area contributed by atoms with Crippen LogP contribution in [0.4, 0.5) is 5.13 Å². The molecule has 2 N–H and O–H groups in total. The molecule has 3 atom stereocenters. The molecule has 0 aromatic carbocycles. The fourth-order valence-electron chi connectivity index (χ4n) is 3.62. The first-order valence-electron chi connectivity index (χ1n) is 10.5. The highest BCUT2D eigenvalue weighted by atomic mass is 32.2. The molecule has 0 aliphatic carbocycles. The van der Waals surface area contributed by atoms with Crippen LogP contribution in [0.5, 0.6) is 0 Å². The van der Waals surface area contributed by atoms with Gasteiger partial charge >= 0.3 is 5.97 Å². The highest BCUT2D eigenvalue weighted by molar-refractivity contribution is 8.00. The topological polar surface area (TPSA) is 158 Å². The number of nitrogens with one attached hydrogen (secondary N) is 2. The quantitative estimate of drug-likeness (QED) is 0.148. The number of β-lactam (4-membered cyclic amide) rings is 1. The second kappa shape index (κ2) is 10.3. The number of nitrogens with zero attached hydrogens (tertiary/aromatic N) is 3. The summed E-state index contributed by atoms with van der Waals surface area (Å²) in [5.74, 6) is -2.09. The third kappa shape index (κ3) is 5.32. The average molecular weight is 526 g/mol. The summed E-state index contributed by atoms with van der Waals surface area (Å²) in [6.07, 6.45) is 1.68. The first kappa shape index (κ1) is 25.1. The number of thioether (sulfide) groups is 1. The third-order valence-electron chi connectivity index (χ3n) is 5.14. The molecular formula is C20H23N5O8S2. The fraction of sp³-hybridized carbons (Fsp3) is 0.500. The molecule has 0 spiro atoms. The predicted molar refractivity (Wildman–Crippen MR) is 124 cm³/mol. The Morgan fingerprint density at radius 3 is 2.91 bits per heavy atom. The van der Waals surface area contributed by atoms with Crippen LogP contribution in [-0.2, 0) is 38.2 Å². The summed E-state index contributed by atoms with van der Waals surface area (Å²) in [5.41, 5.74) is 0.132. The van der Waals surface area contributed by atoms with E-state index in [2.05, 4.69) is 20.8 Å². The van der Waals surface area contributed by atoms with Crippen LogP contribution in [0.25, 0.3) is 0 Å². The van der Waals surface area contributed by atoms with Crippen molar-refractivity contribution in [1.29, 1.82) is 0 Å². The molecule has 4 rings (SSSR count). The Morgan fingerprint density at radius 2 is 2.23 bits per heavy atom. The Bertz CT molecular complexity index is 1090. The Kier molecular flexibility index (Phi) is 7.39. The van der Waals surface area contributed by atoms with Gasteiger partial charge in [0.05, 0.1) is 6.61 Å². The van der Waals surface area contributed by atoms with Crippen LogP contribution >= 0.6 is 23.1 Å². The van der Waals surface area contributed by atoms with Crippen LogP contribution in [-0.4, -0.2) is 89.2 Å². The Labute approximate surface area is 208 Å². The second-order valence-electron chi connectivity index (χ2n) is 7.94. The van der Waals surface area contributed by atoms with E-state index in [1.54, 1.807) is 19.9 Å². The molecule has 188 valence electrons. The molecule has 15 heteroatoms. The van der Waals surface area contributed by atoms with Crippen LogP contribution in [0, 0.1) is 0 Å². The summed E-state index contributed by atoms with van der Waals surface area (Å²) >= 11 is 2.49. The number of hydrogen-bond donors (Lipinski definition) is 2. The molecule has 1 aromatic heterocycles. The number of carbonyl (C=O) groups is 4. The molecule has 0 radical (unpaired) electrons. The van der Waals surface area contributed by atoms with E-state index in [1.807, 2.05) is 0 Å². The number of carbonyl (C=O) groups excluding carboxylic acids is 4. The van der Waals surface area contributed by atoms with E-state index in [9.17, 15) is 19.2 Å². The number of amides is 3. The highest BCUT2D eigenvalue weighted by Gasteiger charge is 2.53. The number of ether oxygens (including phenoxy) is 3. The second-order valence-corrected chi connectivity index (χ2v) is 9.95. The Hall–Kier alpha value is -3.01. The van der Waals surface area contributed by atoms with Crippen molar-refractivity contribution in [3.63, 3.8) is 0 Å². The normalized spacial score (nSPS) is 25.2. The summed E-state index contributed by atoms with van der Waals surface area (Å²) in [6, 6.07) is -0.885. The lowest BCUT2D eigenvalue weighted by atomic mass is 10.0. The van der Waals surface area contributed by atoms with Crippen molar-refractivity contribution in [3.05, 3.63) is 22.8 Å². The van der Waals surface area contributed by atoms with Gasteiger partial charge in [-0.3, -0.25) is 19.3 Å². The molecule has 2 saturated heterocycles. The van der Waals surface area contributed by atoms with Crippen LogP contribution < -0.4 is 10.6 Å². The number of anilines is 1. The van der Waals surface area contributed by atoms with Crippen molar-refractivity contribution in [2.75, 3.05) is 31.4 Å². The summed E-state index contributed by atoms with van der Waals surface area (Å²) < 4.78 is 16.4. The maximum Gasteiger partial charge on any atom is 0.354 e. The lowest BCUT2D eigenvalue weighted by molar-refractivity contribution is -0.160. The Balaban J connectivity index is 1.37. The number of rotatable bonds is 9. The minimum atomic E-state index is -0.885. The zero-order chi connectivity index (χ0) is 25.2. The van der Waals surface area contributed by atoms with E-state index >= 15 is 0 Å². The number of oxime groups is 1. The first-order valence-corrected chi connectivity index (χ1v) is 12.4. The maximum atomic E-state index is 12.9. The van der Waals surface area contributed by atoms with Gasteiger partial charge in [-0.2, -0.15) is 0 Å². The van der Waals surface area contributed by atoms with Crippen molar-refractivity contribution in [3.8, 4) is 0 Å². The summed E-state index contributed by atoms with van der Waals surface area (Å²) in [4.78, 5) is 59.2. The fourth-order valence-corrected chi connectivity index (χ4v) is 5.47. The molecule has 0 saturated carbocycles. The first-order chi connectivity index (χ1) is 16.7. The molecule has 2 fully saturated rings. The summed E-state index contributed by atoms with van der Waals surface area (Å²) in [7, 11) is 1.27. The maximum absolute atomic E-state index is 12.9. The van der Waals surface area contributed by atoms with Crippen LogP contribution in [0.3, 0.4) is 0 Å². The molecule has 3 amide bonds. The number of esters is 1. The van der Waals surface area contributed by atoms with Gasteiger partial charge in [-0.05, 0) is 19.9 Å². The minimum absolute atomic E-state index is 0.00889. The van der Waals surface area contributed by atoms with E-state index in [1.165, 1.54) is 29.2 Å². The van der Waals surface area contributed by atoms with E-state index in [-0.39, 0.29) is 28.8 Å². The molecule has 4 heterocycles. The SMILES string of the molecule is CO/N=C(\C(=O)NC1C(=O)N2C(C(=O)OCC3COC(C)(C)O3)=CCS[C@H]12)c1csc(NC=O)n1. The standard InChI is InChI=1S/C20H23N5O8S2/c1-20(2)32-7-10(33-20)6-31-18(29)12-4-5-34-17-14(16(28)25(12)17)23-15(27)13(24-30-3)11-8-35-19(22-11)21-9-26/h4,8-10,14,17H,5-7H2,1-3H3,(H,23,27)(H,21,22,26)/b24-13-/t10?,14?,17-/m1/s1. The highest BCUT2D eigenvalue weighted by Crippen LogP contribution is 2.38. The third-order valence-corrected chi connectivity index (χ3v) is 7.09. The summed E-state index contributed by atoms with van der Waals surface area (Å²) in [6.45, 7) is 3.83. The van der Waals surface area contributed by atoms with Crippen LogP contribution in [0.2, 0.25) is 0 Å². The van der Waals surface area contributed by atoms with Crippen molar-refractivity contribution in [2.24, 2.45) is 5.16 Å². The van der Waals surface area contributed by atoms with Gasteiger partial charge in [-0.25, -0.2) is 9.78 Å². The van der Waals surface area contributed by atoms with Gasteiger partial charge in [0, 0.05) is 11.1 Å². The number of hydrogen-bond acceptors (Lipinski definition) is 12. The molecule has 3 aliphatic rings. The van der Waals surface area contributed by atoms with E-state index in [0.717, 1.165) is 11.3 Å². The number of thiazole rings is 1. The van der Waals surface area contributed by atoms with Gasteiger partial charge in [0.25, 0.3) is 11.8 Å². The molecule has 13 nitrogen and oxygen atoms in total. The van der Waals surface area contributed by atoms with Gasteiger partial charge in [0.1, 0.15) is 42.6 Å². The van der Waals surface area contributed by atoms with Gasteiger partial charge in [-0.15, -0.1) is 23.1 Å². The lowest BCUT2D eigenvalue weighted by Crippen LogP contribution is -2.70. The van der Waals surface area contributed by atoms with Gasteiger partial charge in [0.2, 0.25) is 6.41 Å². The molecule has 1 aromatic rings. The Morgan fingerprint density at radius 1 is 1.43 bits per heavy atom. The van der Waals surface area contributed by atoms with E-state index in [0.29, 0.717) is 18.8 Å². The van der Waals surface area contributed by atoms with Crippen molar-refractivity contribution >= 4 is 58.1 Å². The van der Waals surface area contributed by atoms with Crippen molar-refractivity contribution in [1.82, 2.24) is 15.2 Å². The zero-order valence-electron chi connectivity index (χ0n) is 19.0. The van der Waals surface area contributed by atoms with E-state index < -0.39 is 41.1 Å². The van der Waals surface area contributed by atoms with Crippen molar-refractivity contribution in [2.45, 2.75) is 37.2 Å². The van der Waals surface area contributed by atoms with Gasteiger partial charge in [0.15, 0.2) is 16.6 Å². The van der Waals surface area contributed by atoms with Gasteiger partial charge < -0.3 is 29.7 Å². The molecule has 35 heavy (non-hydrogen) atoms. The lowest BCUT2D eigenvalue weighted by Gasteiger charge is -2.48. The summed E-state index contributed by atoms with van der Waals surface area (Å²) in [5, 5.41) is 10.0. The predicted octanol–water partition coefficient (Wildman–Crippen LogP) is 0.0404. The monoisotopic (exact) mass is 525 g/mol. The average Bonchev–Trinajstić information content (AvgIpc) is 3.44. The zero-order valence-corrected chi connectivity index (χ0v) is 20.6. The molecule has 2 unspecified atom stereocenters. The minimum Gasteiger partial charge on any atom is -0.458 e. The van der Waals surface area contributed by atoms with Crippen LogP contribution in [0.15, 0.2) is 22.3 Å². The number of fused-ring (bicyclic) bond motifs is 1. The molecule has 3 aliphatic heterocycles. The van der Waals surface area contributed by atoms with Crippen LogP contribution in [0.1, 0.15) is 19.5 Å². The number of aromatic nitrogens is 1. The molecule has 0 bridgehead atoms.